The Hall–Kier alpha value is -1.22. The molecule has 0 heterocycles. The van der Waals surface area contributed by atoms with Gasteiger partial charge in [0.2, 0.25) is 0 Å². The van der Waals surface area contributed by atoms with Gasteiger partial charge in [-0.1, -0.05) is 32.9 Å². The summed E-state index contributed by atoms with van der Waals surface area (Å²) in [5, 5.41) is 10.4. The molecule has 0 aromatic heterocycles. The number of hydrogen-bond acceptors (Lipinski definition) is 3. The van der Waals surface area contributed by atoms with Gasteiger partial charge in [0.1, 0.15) is 0 Å². The summed E-state index contributed by atoms with van der Waals surface area (Å²) in [4.78, 5) is 25.3. The zero-order valence-corrected chi connectivity index (χ0v) is 13.9. The van der Waals surface area contributed by atoms with Crippen molar-refractivity contribution in [3.63, 3.8) is 0 Å². The lowest BCUT2D eigenvalue weighted by Crippen LogP contribution is -2.33. The van der Waals surface area contributed by atoms with Crippen molar-refractivity contribution in [2.24, 2.45) is 35.0 Å². The van der Waals surface area contributed by atoms with Gasteiger partial charge in [-0.3, -0.25) is 9.59 Å². The molecular weight excluding hydrogens is 276 g/mol. The Labute approximate surface area is 132 Å². The minimum absolute atomic E-state index is 0.00263. The van der Waals surface area contributed by atoms with E-state index in [1.807, 2.05) is 26.0 Å². The number of ketones is 2. The molecule has 3 rings (SSSR count). The molecule has 22 heavy (non-hydrogen) atoms. The van der Waals surface area contributed by atoms with Gasteiger partial charge < -0.3 is 5.11 Å². The van der Waals surface area contributed by atoms with Crippen molar-refractivity contribution in [2.45, 2.75) is 46.6 Å². The number of rotatable bonds is 0. The minimum atomic E-state index is -0.704. The van der Waals surface area contributed by atoms with Gasteiger partial charge in [-0.05, 0) is 54.6 Å². The second kappa shape index (κ2) is 5.16. The van der Waals surface area contributed by atoms with E-state index in [-0.39, 0.29) is 28.8 Å². The number of Topliss-reactive ketones (excluding diaryl/α,β-unsaturated/α-hetero) is 1. The number of allylic oxidation sites excluding steroid dienone is 4. The maximum Gasteiger partial charge on any atom is 0.164 e. The summed E-state index contributed by atoms with van der Waals surface area (Å²) in [6.45, 7) is 8.19. The standard InChI is InChI=1S/C19H26O3/c1-10-5-6-13-14(19(13,3)4)7-8-15(20)12-9-11(2)18(22)16(12)17(10)21/h5,7-8,11-14,16,18,22H,6,9H2,1-4H3. The first-order valence-corrected chi connectivity index (χ1v) is 8.36. The average molecular weight is 302 g/mol. The first-order chi connectivity index (χ1) is 10.2. The lowest BCUT2D eigenvalue weighted by Gasteiger charge is -2.20. The van der Waals surface area contributed by atoms with Gasteiger partial charge in [0.05, 0.1) is 12.0 Å². The van der Waals surface area contributed by atoms with Gasteiger partial charge in [0.25, 0.3) is 0 Å². The third-order valence-corrected chi connectivity index (χ3v) is 6.35. The van der Waals surface area contributed by atoms with Crippen LogP contribution in [0, 0.1) is 35.0 Å². The molecule has 0 saturated heterocycles. The molecule has 6 atom stereocenters. The lowest BCUT2D eigenvalue weighted by atomic mass is 9.84. The summed E-state index contributed by atoms with van der Waals surface area (Å²) in [6.07, 6.45) is 6.51. The van der Waals surface area contributed by atoms with Crippen molar-refractivity contribution in [2.75, 3.05) is 0 Å². The van der Waals surface area contributed by atoms with Crippen molar-refractivity contribution >= 4 is 11.6 Å². The molecule has 6 unspecified atom stereocenters. The van der Waals surface area contributed by atoms with E-state index >= 15 is 0 Å². The highest BCUT2D eigenvalue weighted by Crippen LogP contribution is 2.61. The van der Waals surface area contributed by atoms with Crippen molar-refractivity contribution < 1.29 is 14.7 Å². The molecular formula is C19H26O3. The second-order valence-corrected chi connectivity index (χ2v) is 8.04. The molecule has 3 aliphatic carbocycles. The van der Waals surface area contributed by atoms with Gasteiger partial charge >= 0.3 is 0 Å². The van der Waals surface area contributed by atoms with Crippen LogP contribution in [0.25, 0.3) is 0 Å². The highest BCUT2D eigenvalue weighted by Gasteiger charge is 2.55. The normalized spacial score (nSPS) is 44.0. The summed E-state index contributed by atoms with van der Waals surface area (Å²) >= 11 is 0. The number of aliphatic hydroxyl groups is 1. The van der Waals surface area contributed by atoms with Gasteiger partial charge in [-0.2, -0.15) is 0 Å². The highest BCUT2D eigenvalue weighted by atomic mass is 16.3. The van der Waals surface area contributed by atoms with E-state index in [2.05, 4.69) is 13.8 Å². The fourth-order valence-electron chi connectivity index (χ4n) is 4.52. The number of hydrogen-bond donors (Lipinski definition) is 1. The predicted octanol–water partition coefficient (Wildman–Crippen LogP) is 2.94. The molecule has 0 aliphatic heterocycles. The van der Waals surface area contributed by atoms with Crippen LogP contribution in [0.5, 0.6) is 0 Å². The quantitative estimate of drug-likeness (QED) is 0.748. The SMILES string of the molecule is CC1=CCC2C(C=CC(=O)C3CC(C)C(O)C3C1=O)C2(C)C. The molecule has 1 N–H and O–H groups in total. The maximum atomic E-state index is 12.7. The largest absolute Gasteiger partial charge is 0.392 e. The molecule has 3 heteroatoms. The first-order valence-electron chi connectivity index (χ1n) is 8.36. The zero-order valence-electron chi connectivity index (χ0n) is 13.9. The monoisotopic (exact) mass is 302 g/mol. The van der Waals surface area contributed by atoms with E-state index < -0.39 is 12.0 Å². The third kappa shape index (κ3) is 2.30. The first kappa shape index (κ1) is 15.7. The summed E-state index contributed by atoms with van der Waals surface area (Å²) in [5.41, 5.74) is 0.914. The predicted molar refractivity (Wildman–Crippen MR) is 85.1 cm³/mol. The average Bonchev–Trinajstić information content (AvgIpc) is 2.84. The second-order valence-electron chi connectivity index (χ2n) is 8.04. The van der Waals surface area contributed by atoms with Gasteiger partial charge in [0.15, 0.2) is 11.6 Å². The van der Waals surface area contributed by atoms with E-state index in [1.165, 1.54) is 0 Å². The Balaban J connectivity index is 1.97. The molecule has 3 nitrogen and oxygen atoms in total. The smallest absolute Gasteiger partial charge is 0.164 e. The van der Waals surface area contributed by atoms with Crippen molar-refractivity contribution in [3.05, 3.63) is 23.8 Å². The number of fused-ring (bicyclic) bond motifs is 2. The fraction of sp³-hybridized carbons (Fsp3) is 0.684. The van der Waals surface area contributed by atoms with Crippen LogP contribution in [0.1, 0.15) is 40.5 Å². The van der Waals surface area contributed by atoms with E-state index in [0.29, 0.717) is 23.8 Å². The molecule has 2 fully saturated rings. The summed E-state index contributed by atoms with van der Waals surface area (Å²) in [7, 11) is 0. The summed E-state index contributed by atoms with van der Waals surface area (Å²) < 4.78 is 0. The van der Waals surface area contributed by atoms with Crippen LogP contribution in [-0.2, 0) is 9.59 Å². The molecule has 0 radical (unpaired) electrons. The molecule has 0 aromatic rings. The van der Waals surface area contributed by atoms with Gasteiger partial charge in [-0.25, -0.2) is 0 Å². The number of aliphatic hydroxyl groups excluding tert-OH is 1. The van der Waals surface area contributed by atoms with E-state index in [4.69, 9.17) is 0 Å². The molecule has 120 valence electrons. The van der Waals surface area contributed by atoms with Gasteiger partial charge in [-0.15, -0.1) is 0 Å². The van der Waals surface area contributed by atoms with Crippen LogP contribution in [0.3, 0.4) is 0 Å². The number of carbonyl (C=O) groups is 2. The van der Waals surface area contributed by atoms with Crippen molar-refractivity contribution in [1.29, 1.82) is 0 Å². The maximum absolute atomic E-state index is 12.7. The zero-order chi connectivity index (χ0) is 16.2. The molecule has 0 aromatic carbocycles. The molecule has 0 bridgehead atoms. The van der Waals surface area contributed by atoms with Crippen molar-refractivity contribution in [3.8, 4) is 0 Å². The molecule has 0 amide bonds. The highest BCUT2D eigenvalue weighted by molar-refractivity contribution is 6.03. The van der Waals surface area contributed by atoms with E-state index in [0.717, 1.165) is 6.42 Å². The Morgan fingerprint density at radius 3 is 2.64 bits per heavy atom. The van der Waals surface area contributed by atoms with Crippen molar-refractivity contribution in [1.82, 2.24) is 0 Å². The molecule has 3 aliphatic rings. The summed E-state index contributed by atoms with van der Waals surface area (Å²) in [5.74, 6) is -0.0473. The summed E-state index contributed by atoms with van der Waals surface area (Å²) in [6, 6.07) is 0. The van der Waals surface area contributed by atoms with Crippen LogP contribution >= 0.6 is 0 Å². The van der Waals surface area contributed by atoms with Crippen LogP contribution < -0.4 is 0 Å². The minimum Gasteiger partial charge on any atom is -0.392 e. The van der Waals surface area contributed by atoms with Crippen LogP contribution in [-0.4, -0.2) is 22.8 Å². The van der Waals surface area contributed by atoms with Gasteiger partial charge in [0, 0.05) is 5.92 Å². The Morgan fingerprint density at radius 1 is 1.27 bits per heavy atom. The Morgan fingerprint density at radius 2 is 1.95 bits per heavy atom. The molecule has 2 saturated carbocycles. The van der Waals surface area contributed by atoms with E-state index in [1.54, 1.807) is 6.08 Å². The molecule has 0 spiro atoms. The fourth-order valence-corrected chi connectivity index (χ4v) is 4.52. The Kier molecular flexibility index (Phi) is 3.67. The van der Waals surface area contributed by atoms with Crippen LogP contribution in [0.4, 0.5) is 0 Å². The third-order valence-electron chi connectivity index (χ3n) is 6.35. The van der Waals surface area contributed by atoms with Crippen LogP contribution in [0.15, 0.2) is 23.8 Å². The van der Waals surface area contributed by atoms with E-state index in [9.17, 15) is 14.7 Å². The topological polar surface area (TPSA) is 54.4 Å². The lowest BCUT2D eigenvalue weighted by molar-refractivity contribution is -0.129. The number of carbonyl (C=O) groups excluding carboxylic acids is 2. The Bertz CT molecular complexity index is 569. The van der Waals surface area contributed by atoms with Crippen LogP contribution in [0.2, 0.25) is 0 Å².